The summed E-state index contributed by atoms with van der Waals surface area (Å²) < 4.78 is 36.1. The summed E-state index contributed by atoms with van der Waals surface area (Å²) >= 11 is 0. The van der Waals surface area contributed by atoms with Crippen LogP contribution in [0.25, 0.3) is 0 Å². The van der Waals surface area contributed by atoms with E-state index in [4.69, 9.17) is 4.74 Å². The highest BCUT2D eigenvalue weighted by molar-refractivity contribution is 7.93. The maximum absolute atomic E-state index is 14.7. The molecule has 0 saturated carbocycles. The Labute approximate surface area is 157 Å². The number of nitrogens with one attached hydrogen (secondary N) is 1. The molecule has 1 atom stereocenters. The lowest BCUT2D eigenvalue weighted by Gasteiger charge is -2.31. The van der Waals surface area contributed by atoms with Crippen LogP contribution >= 0.6 is 0 Å². The van der Waals surface area contributed by atoms with Crippen LogP contribution in [0.1, 0.15) is 6.92 Å². The average Bonchev–Trinajstić information content (AvgIpc) is 3.02. The summed E-state index contributed by atoms with van der Waals surface area (Å²) in [6.45, 7) is 2.78. The van der Waals surface area contributed by atoms with Gasteiger partial charge < -0.3 is 15.0 Å². The summed E-state index contributed by atoms with van der Waals surface area (Å²) in [7, 11) is -0.609. The fourth-order valence-electron chi connectivity index (χ4n) is 3.16. The number of halogens is 1. The maximum atomic E-state index is 14.7. The number of nitrogens with zero attached hydrogens (tertiary/aromatic N) is 3. The van der Waals surface area contributed by atoms with Gasteiger partial charge in [0.1, 0.15) is 11.9 Å². The van der Waals surface area contributed by atoms with E-state index in [0.29, 0.717) is 36.0 Å². The minimum Gasteiger partial charge on any atom is -0.442 e. The van der Waals surface area contributed by atoms with Gasteiger partial charge in [0, 0.05) is 48.3 Å². The number of carbonyl (C=O) groups is 2. The third-order valence-corrected chi connectivity index (χ3v) is 7.04. The third-order valence-electron chi connectivity index (χ3n) is 4.73. The lowest BCUT2D eigenvalue weighted by Crippen LogP contribution is -2.40. The number of cyclic esters (lactones) is 1. The van der Waals surface area contributed by atoms with E-state index in [1.54, 1.807) is 19.2 Å². The van der Waals surface area contributed by atoms with Gasteiger partial charge in [0.25, 0.3) is 0 Å². The molecule has 27 heavy (non-hydrogen) atoms. The monoisotopic (exact) mass is 398 g/mol. The molecule has 0 bridgehead atoms. The zero-order chi connectivity index (χ0) is 19.6. The molecule has 3 rings (SSSR count). The van der Waals surface area contributed by atoms with Gasteiger partial charge in [-0.15, -0.1) is 0 Å². The van der Waals surface area contributed by atoms with Crippen molar-refractivity contribution in [3.63, 3.8) is 0 Å². The van der Waals surface area contributed by atoms with Gasteiger partial charge in [-0.05, 0) is 18.2 Å². The van der Waals surface area contributed by atoms with Crippen LogP contribution < -0.4 is 15.1 Å². The van der Waals surface area contributed by atoms with Crippen molar-refractivity contribution in [2.45, 2.75) is 13.0 Å². The summed E-state index contributed by atoms with van der Waals surface area (Å²) in [5.41, 5.74) is 0.814. The van der Waals surface area contributed by atoms with Crippen LogP contribution in [0.15, 0.2) is 22.6 Å². The first kappa shape index (κ1) is 19.4. The van der Waals surface area contributed by atoms with Gasteiger partial charge in [0.05, 0.1) is 24.5 Å². The second-order valence-electron chi connectivity index (χ2n) is 6.54. The minimum atomic E-state index is -2.17. The molecule has 10 heteroatoms. The number of amides is 2. The first-order chi connectivity index (χ1) is 12.8. The van der Waals surface area contributed by atoms with Gasteiger partial charge >= 0.3 is 6.09 Å². The normalized spacial score (nSPS) is 21.7. The molecule has 0 radical (unpaired) electrons. The Bertz CT molecular complexity index is 854. The van der Waals surface area contributed by atoms with Crippen LogP contribution in [0.3, 0.4) is 0 Å². The van der Waals surface area contributed by atoms with E-state index in [1.807, 2.05) is 4.90 Å². The molecule has 1 aromatic carbocycles. The summed E-state index contributed by atoms with van der Waals surface area (Å²) in [6, 6.07) is 4.58. The van der Waals surface area contributed by atoms with Crippen LogP contribution in [0.5, 0.6) is 0 Å². The number of hydrogen-bond donors (Lipinski definition) is 1. The van der Waals surface area contributed by atoms with Gasteiger partial charge in [-0.3, -0.25) is 9.69 Å². The van der Waals surface area contributed by atoms with Crippen molar-refractivity contribution in [3.05, 3.63) is 24.0 Å². The van der Waals surface area contributed by atoms with Crippen molar-refractivity contribution in [1.29, 1.82) is 0 Å². The molecule has 2 heterocycles. The molecule has 2 amide bonds. The maximum Gasteiger partial charge on any atom is 0.414 e. The molecule has 1 unspecified atom stereocenters. The highest BCUT2D eigenvalue weighted by Crippen LogP contribution is 2.28. The van der Waals surface area contributed by atoms with Gasteiger partial charge in [0.2, 0.25) is 5.91 Å². The molecule has 0 spiro atoms. The standard InChI is InChI=1S/C17H23FN4O4S/c1-12(23)20-10-14-11-22(17(24)26-14)13-3-4-16(15(18)9-13)21-5-7-27(25,19-2)8-6-21/h3-4,9,14H,5-8,10-11H2,1-2H3,(H,20,23). The number of benzene rings is 1. The summed E-state index contributed by atoms with van der Waals surface area (Å²) in [5, 5.41) is 2.60. The second kappa shape index (κ2) is 7.71. The van der Waals surface area contributed by atoms with Crippen LogP contribution in [-0.2, 0) is 19.3 Å². The van der Waals surface area contributed by atoms with Crippen molar-refractivity contribution in [2.24, 2.45) is 4.36 Å². The summed E-state index contributed by atoms with van der Waals surface area (Å²) in [5.74, 6) is 0.163. The molecule has 2 aliphatic rings. The van der Waals surface area contributed by atoms with E-state index < -0.39 is 27.7 Å². The molecule has 2 saturated heterocycles. The van der Waals surface area contributed by atoms with Gasteiger partial charge in [-0.1, -0.05) is 0 Å². The van der Waals surface area contributed by atoms with Crippen LogP contribution in [0.4, 0.5) is 20.6 Å². The first-order valence-electron chi connectivity index (χ1n) is 8.69. The Kier molecular flexibility index (Phi) is 5.54. The van der Waals surface area contributed by atoms with Crippen LogP contribution in [-0.4, -0.2) is 67.0 Å². The van der Waals surface area contributed by atoms with Crippen molar-refractivity contribution >= 4 is 33.1 Å². The van der Waals surface area contributed by atoms with E-state index in [1.165, 1.54) is 17.9 Å². The third kappa shape index (κ3) is 4.32. The van der Waals surface area contributed by atoms with Crippen molar-refractivity contribution in [1.82, 2.24) is 5.32 Å². The number of ether oxygens (including phenoxy) is 1. The van der Waals surface area contributed by atoms with Crippen LogP contribution in [0.2, 0.25) is 0 Å². The Balaban J connectivity index is 1.69. The molecule has 2 fully saturated rings. The number of rotatable bonds is 4. The molecule has 1 aromatic rings. The first-order valence-corrected chi connectivity index (χ1v) is 10.5. The van der Waals surface area contributed by atoms with E-state index in [2.05, 4.69) is 9.68 Å². The second-order valence-corrected chi connectivity index (χ2v) is 9.27. The molecule has 0 aliphatic carbocycles. The average molecular weight is 398 g/mol. The topological polar surface area (TPSA) is 91.3 Å². The van der Waals surface area contributed by atoms with E-state index in [0.717, 1.165) is 0 Å². The lowest BCUT2D eigenvalue weighted by molar-refractivity contribution is -0.119. The largest absolute Gasteiger partial charge is 0.442 e. The van der Waals surface area contributed by atoms with Crippen LogP contribution in [0, 0.1) is 5.82 Å². The predicted octanol–water partition coefficient (Wildman–Crippen LogP) is 1.20. The number of anilines is 2. The Morgan fingerprint density at radius 3 is 2.70 bits per heavy atom. The Hall–Kier alpha value is -2.36. The van der Waals surface area contributed by atoms with E-state index >= 15 is 0 Å². The van der Waals surface area contributed by atoms with E-state index in [-0.39, 0.29) is 19.0 Å². The zero-order valence-corrected chi connectivity index (χ0v) is 16.1. The van der Waals surface area contributed by atoms with Gasteiger partial charge in [-0.25, -0.2) is 17.8 Å². The molecule has 0 aromatic heterocycles. The lowest BCUT2D eigenvalue weighted by atomic mass is 10.2. The van der Waals surface area contributed by atoms with Crippen molar-refractivity contribution in [3.8, 4) is 0 Å². The van der Waals surface area contributed by atoms with Gasteiger partial charge in [-0.2, -0.15) is 0 Å². The highest BCUT2D eigenvalue weighted by atomic mass is 32.2. The number of hydrogen-bond acceptors (Lipinski definition) is 6. The Morgan fingerprint density at radius 1 is 1.41 bits per heavy atom. The van der Waals surface area contributed by atoms with Crippen molar-refractivity contribution < 1.29 is 22.9 Å². The number of carbonyl (C=O) groups excluding carboxylic acids is 2. The molecular formula is C17H23FN4O4S. The fourth-order valence-corrected chi connectivity index (χ4v) is 4.74. The predicted molar refractivity (Wildman–Crippen MR) is 101 cm³/mol. The minimum absolute atomic E-state index is 0.207. The fraction of sp³-hybridized carbons (Fsp3) is 0.529. The zero-order valence-electron chi connectivity index (χ0n) is 15.3. The molecular weight excluding hydrogens is 375 g/mol. The molecule has 8 nitrogen and oxygen atoms in total. The molecule has 1 N–H and O–H groups in total. The summed E-state index contributed by atoms with van der Waals surface area (Å²) in [4.78, 5) is 26.2. The Morgan fingerprint density at radius 2 is 2.11 bits per heavy atom. The SMILES string of the molecule is CN=S1(=O)CCN(c2ccc(N3CC(CNC(C)=O)OC3=O)cc2F)CC1. The van der Waals surface area contributed by atoms with Crippen molar-refractivity contribution in [2.75, 3.05) is 54.5 Å². The van der Waals surface area contributed by atoms with E-state index in [9.17, 15) is 18.2 Å². The molecule has 2 aliphatic heterocycles. The van der Waals surface area contributed by atoms with Gasteiger partial charge in [0.15, 0.2) is 0 Å². The molecule has 148 valence electrons. The highest BCUT2D eigenvalue weighted by Gasteiger charge is 2.33. The quantitative estimate of drug-likeness (QED) is 0.823. The smallest absolute Gasteiger partial charge is 0.414 e. The summed E-state index contributed by atoms with van der Waals surface area (Å²) in [6.07, 6.45) is -1.04.